The number of hydrogen-bond donors (Lipinski definition) is 2. The van der Waals surface area contributed by atoms with Crippen LogP contribution < -0.4 is 10.0 Å². The lowest BCUT2D eigenvalue weighted by Crippen LogP contribution is -2.45. The SMILES string of the molecule is CCNCC1CCN(C(=O)CNS(=O)(=O)c2ccc(Cl)s2)CC1. The first-order chi connectivity index (χ1) is 10.9. The molecule has 0 aliphatic carbocycles. The molecule has 1 fully saturated rings. The van der Waals surface area contributed by atoms with Gasteiger partial charge in [0, 0.05) is 13.1 Å². The standard InChI is InChI=1S/C14H22ClN3O3S2/c1-2-16-9-11-5-7-18(8-6-11)13(19)10-17-23(20,21)14-4-3-12(15)22-14/h3-4,11,16-17H,2,5-10H2,1H3. The summed E-state index contributed by atoms with van der Waals surface area (Å²) in [4.78, 5) is 13.9. The molecule has 1 aromatic heterocycles. The van der Waals surface area contributed by atoms with E-state index in [9.17, 15) is 13.2 Å². The van der Waals surface area contributed by atoms with Crippen molar-refractivity contribution in [2.24, 2.45) is 5.92 Å². The van der Waals surface area contributed by atoms with E-state index in [-0.39, 0.29) is 16.7 Å². The van der Waals surface area contributed by atoms with Gasteiger partial charge in [0.05, 0.1) is 10.9 Å². The number of carbonyl (C=O) groups excluding carboxylic acids is 1. The van der Waals surface area contributed by atoms with Crippen LogP contribution in [-0.2, 0) is 14.8 Å². The first-order valence-electron chi connectivity index (χ1n) is 7.66. The second-order valence-corrected chi connectivity index (χ2v) is 9.22. The van der Waals surface area contributed by atoms with E-state index in [1.807, 2.05) is 0 Å². The molecular formula is C14H22ClN3O3S2. The molecule has 0 bridgehead atoms. The Bertz CT molecular complexity index is 625. The van der Waals surface area contributed by atoms with Crippen molar-refractivity contribution in [3.05, 3.63) is 16.5 Å². The average Bonchev–Trinajstić information content (AvgIpc) is 2.98. The number of nitrogens with one attached hydrogen (secondary N) is 2. The van der Waals surface area contributed by atoms with Crippen molar-refractivity contribution in [2.75, 3.05) is 32.7 Å². The molecule has 1 aliphatic heterocycles. The maximum Gasteiger partial charge on any atom is 0.250 e. The zero-order valence-electron chi connectivity index (χ0n) is 13.0. The zero-order chi connectivity index (χ0) is 16.9. The molecule has 2 heterocycles. The molecule has 0 unspecified atom stereocenters. The number of nitrogens with zero attached hydrogens (tertiary/aromatic N) is 1. The van der Waals surface area contributed by atoms with Crippen molar-refractivity contribution in [3.8, 4) is 0 Å². The smallest absolute Gasteiger partial charge is 0.250 e. The van der Waals surface area contributed by atoms with E-state index in [2.05, 4.69) is 17.0 Å². The molecule has 1 amide bonds. The number of likely N-dealkylation sites (tertiary alicyclic amines) is 1. The number of piperidine rings is 1. The largest absolute Gasteiger partial charge is 0.342 e. The first-order valence-corrected chi connectivity index (χ1v) is 10.3. The molecule has 2 N–H and O–H groups in total. The Balaban J connectivity index is 1.79. The van der Waals surface area contributed by atoms with Crippen molar-refractivity contribution >= 4 is 38.9 Å². The van der Waals surface area contributed by atoms with Gasteiger partial charge in [-0.15, -0.1) is 11.3 Å². The highest BCUT2D eigenvalue weighted by Gasteiger charge is 2.24. The minimum atomic E-state index is -3.67. The predicted octanol–water partition coefficient (Wildman–Crippen LogP) is 1.53. The molecule has 0 atom stereocenters. The van der Waals surface area contributed by atoms with E-state index in [1.165, 1.54) is 12.1 Å². The minimum absolute atomic E-state index is 0.125. The summed E-state index contributed by atoms with van der Waals surface area (Å²) in [5, 5.41) is 3.32. The Kier molecular flexibility index (Phi) is 6.84. The highest BCUT2D eigenvalue weighted by atomic mass is 35.5. The Labute approximate surface area is 146 Å². The van der Waals surface area contributed by atoms with Crippen molar-refractivity contribution < 1.29 is 13.2 Å². The fraction of sp³-hybridized carbons (Fsp3) is 0.643. The average molecular weight is 380 g/mol. The van der Waals surface area contributed by atoms with Gasteiger partial charge in [0.2, 0.25) is 5.91 Å². The van der Waals surface area contributed by atoms with Gasteiger partial charge in [-0.2, -0.15) is 0 Å². The maximum atomic E-state index is 12.2. The molecule has 1 aromatic rings. The zero-order valence-corrected chi connectivity index (χ0v) is 15.4. The van der Waals surface area contributed by atoms with Crippen LogP contribution in [0.4, 0.5) is 0 Å². The molecule has 1 saturated heterocycles. The number of halogens is 1. The molecule has 0 spiro atoms. The normalized spacial score (nSPS) is 16.7. The van der Waals surface area contributed by atoms with Crippen LogP contribution in [0.25, 0.3) is 0 Å². The van der Waals surface area contributed by atoms with Crippen LogP contribution in [0.15, 0.2) is 16.3 Å². The second kappa shape index (κ2) is 8.43. The summed E-state index contributed by atoms with van der Waals surface area (Å²) in [6, 6.07) is 2.96. The highest BCUT2D eigenvalue weighted by molar-refractivity contribution is 7.91. The summed E-state index contributed by atoms with van der Waals surface area (Å²) in [5.41, 5.74) is 0. The van der Waals surface area contributed by atoms with Crippen LogP contribution in [0.1, 0.15) is 19.8 Å². The first kappa shape index (κ1) is 18.7. The van der Waals surface area contributed by atoms with E-state index < -0.39 is 10.0 Å². The van der Waals surface area contributed by atoms with Crippen LogP contribution in [0.5, 0.6) is 0 Å². The molecule has 6 nitrogen and oxygen atoms in total. The molecule has 0 aromatic carbocycles. The fourth-order valence-electron chi connectivity index (χ4n) is 2.52. The highest BCUT2D eigenvalue weighted by Crippen LogP contribution is 2.25. The maximum absolute atomic E-state index is 12.2. The Morgan fingerprint density at radius 1 is 1.39 bits per heavy atom. The number of hydrogen-bond acceptors (Lipinski definition) is 5. The van der Waals surface area contributed by atoms with Gasteiger partial charge in [0.1, 0.15) is 4.21 Å². The van der Waals surface area contributed by atoms with Crippen LogP contribution in [0.3, 0.4) is 0 Å². The minimum Gasteiger partial charge on any atom is -0.342 e. The Morgan fingerprint density at radius 3 is 2.65 bits per heavy atom. The number of thiophene rings is 1. The van der Waals surface area contributed by atoms with Gasteiger partial charge in [0.15, 0.2) is 0 Å². The van der Waals surface area contributed by atoms with Crippen molar-refractivity contribution in [2.45, 2.75) is 24.0 Å². The third kappa shape index (κ3) is 5.42. The van der Waals surface area contributed by atoms with Crippen LogP contribution in [0, 0.1) is 5.92 Å². The van der Waals surface area contributed by atoms with E-state index in [0.717, 1.165) is 37.3 Å². The molecule has 2 rings (SSSR count). The molecule has 23 heavy (non-hydrogen) atoms. The number of amides is 1. The summed E-state index contributed by atoms with van der Waals surface area (Å²) >= 11 is 6.72. The van der Waals surface area contributed by atoms with Crippen molar-refractivity contribution in [3.63, 3.8) is 0 Å². The predicted molar refractivity (Wildman–Crippen MR) is 92.4 cm³/mol. The molecule has 0 radical (unpaired) electrons. The van der Waals surface area contributed by atoms with Gasteiger partial charge in [-0.25, -0.2) is 13.1 Å². The van der Waals surface area contributed by atoms with E-state index in [4.69, 9.17) is 11.6 Å². The molecular weight excluding hydrogens is 358 g/mol. The van der Waals surface area contributed by atoms with Crippen molar-refractivity contribution in [1.29, 1.82) is 0 Å². The van der Waals surface area contributed by atoms with E-state index in [1.54, 1.807) is 4.90 Å². The van der Waals surface area contributed by atoms with Gasteiger partial charge >= 0.3 is 0 Å². The lowest BCUT2D eigenvalue weighted by atomic mass is 9.97. The van der Waals surface area contributed by atoms with Crippen molar-refractivity contribution in [1.82, 2.24) is 14.9 Å². The summed E-state index contributed by atoms with van der Waals surface area (Å²) in [7, 11) is -3.67. The van der Waals surface area contributed by atoms with Crippen LogP contribution >= 0.6 is 22.9 Å². The number of carbonyl (C=O) groups is 1. The second-order valence-electron chi connectivity index (χ2n) is 5.51. The molecule has 1 aliphatic rings. The number of sulfonamides is 1. The topological polar surface area (TPSA) is 78.5 Å². The molecule has 0 saturated carbocycles. The quantitative estimate of drug-likeness (QED) is 0.753. The Morgan fingerprint density at radius 2 is 2.09 bits per heavy atom. The van der Waals surface area contributed by atoms with Gasteiger partial charge in [-0.3, -0.25) is 4.79 Å². The van der Waals surface area contributed by atoms with E-state index in [0.29, 0.717) is 23.3 Å². The lowest BCUT2D eigenvalue weighted by molar-refractivity contribution is -0.131. The van der Waals surface area contributed by atoms with Gasteiger partial charge < -0.3 is 10.2 Å². The summed E-state index contributed by atoms with van der Waals surface area (Å²) < 4.78 is 27.0. The monoisotopic (exact) mass is 379 g/mol. The summed E-state index contributed by atoms with van der Waals surface area (Å²) in [5.74, 6) is 0.405. The third-order valence-electron chi connectivity index (χ3n) is 3.88. The molecule has 130 valence electrons. The van der Waals surface area contributed by atoms with Gasteiger partial charge in [-0.05, 0) is 44.0 Å². The van der Waals surface area contributed by atoms with Gasteiger partial charge in [0.25, 0.3) is 10.0 Å². The van der Waals surface area contributed by atoms with E-state index >= 15 is 0 Å². The van der Waals surface area contributed by atoms with Crippen LogP contribution in [-0.4, -0.2) is 51.9 Å². The summed E-state index contributed by atoms with van der Waals surface area (Å²) in [6.45, 7) is 5.15. The van der Waals surface area contributed by atoms with Gasteiger partial charge in [-0.1, -0.05) is 18.5 Å². The Hall–Kier alpha value is -0.670. The molecule has 9 heteroatoms. The fourth-order valence-corrected chi connectivity index (χ4v) is 5.02. The number of rotatable bonds is 7. The van der Waals surface area contributed by atoms with Crippen LogP contribution in [0.2, 0.25) is 4.34 Å². The summed E-state index contributed by atoms with van der Waals surface area (Å²) in [6.07, 6.45) is 1.90. The third-order valence-corrected chi connectivity index (χ3v) is 7.00. The lowest BCUT2D eigenvalue weighted by Gasteiger charge is -2.32.